The van der Waals surface area contributed by atoms with Crippen LogP contribution < -0.4 is 15.5 Å². The minimum absolute atomic E-state index is 0.181. The summed E-state index contributed by atoms with van der Waals surface area (Å²) < 4.78 is 0. The highest BCUT2D eigenvalue weighted by Crippen LogP contribution is 2.44. The van der Waals surface area contributed by atoms with E-state index in [4.69, 9.17) is 10.4 Å². The van der Waals surface area contributed by atoms with E-state index in [2.05, 4.69) is 33.0 Å². The Bertz CT molecular complexity index is 1130. The van der Waals surface area contributed by atoms with Crippen molar-refractivity contribution in [3.8, 4) is 11.1 Å². The predicted molar refractivity (Wildman–Crippen MR) is 124 cm³/mol. The Morgan fingerprint density at radius 1 is 1.27 bits per heavy atom. The van der Waals surface area contributed by atoms with Gasteiger partial charge in [-0.15, -0.1) is 11.3 Å². The minimum atomic E-state index is -0.181. The van der Waals surface area contributed by atoms with Crippen LogP contribution in [-0.4, -0.2) is 43.8 Å². The highest BCUT2D eigenvalue weighted by molar-refractivity contribution is 7.16. The Balaban J connectivity index is 1.57. The van der Waals surface area contributed by atoms with Crippen molar-refractivity contribution in [2.75, 3.05) is 36.9 Å². The maximum atomic E-state index is 12.4. The Morgan fingerprint density at radius 3 is 2.80 bits per heavy atom. The van der Waals surface area contributed by atoms with Crippen molar-refractivity contribution in [2.45, 2.75) is 19.3 Å². The van der Waals surface area contributed by atoms with E-state index in [0.717, 1.165) is 66.1 Å². The first-order valence-corrected chi connectivity index (χ1v) is 11.3. The van der Waals surface area contributed by atoms with Crippen molar-refractivity contribution in [3.63, 3.8) is 0 Å². The summed E-state index contributed by atoms with van der Waals surface area (Å²) in [4.78, 5) is 20.6. The lowest BCUT2D eigenvalue weighted by atomic mass is 9.77. The highest BCUT2D eigenvalue weighted by atomic mass is 32.1. The van der Waals surface area contributed by atoms with Gasteiger partial charge in [-0.2, -0.15) is 0 Å². The molecule has 0 radical (unpaired) electrons. The first-order chi connectivity index (χ1) is 14.6. The average Bonchev–Trinajstić information content (AvgIpc) is 3.40. The van der Waals surface area contributed by atoms with Crippen LogP contribution in [0.25, 0.3) is 21.3 Å². The number of hydrogen-bond donors (Lipinski definition) is 3. The highest BCUT2D eigenvalue weighted by Gasteiger charge is 2.44. The summed E-state index contributed by atoms with van der Waals surface area (Å²) in [7, 11) is 1.87. The Labute approximate surface area is 179 Å². The lowest BCUT2D eigenvalue weighted by Gasteiger charge is -2.39. The smallest absolute Gasteiger partial charge is 0.226 e. The quantitative estimate of drug-likeness (QED) is 0.556. The molecule has 2 saturated heterocycles. The SMILES string of the molecule is CNc1ccc(-c2cnc3sccc3c2N2CCC3(CCNC3=O)CC2)cc1C=N. The average molecular weight is 420 g/mol. The monoisotopic (exact) mass is 419 g/mol. The first-order valence-electron chi connectivity index (χ1n) is 10.4. The van der Waals surface area contributed by atoms with Gasteiger partial charge in [0.05, 0.1) is 11.1 Å². The van der Waals surface area contributed by atoms with Crippen molar-refractivity contribution in [3.05, 3.63) is 41.4 Å². The zero-order valence-electron chi connectivity index (χ0n) is 17.0. The standard InChI is InChI=1S/C23H25N5OS/c1-25-19-3-2-15(12-16(19)13-24)18-14-27-21-17(4-11-30-21)20(18)28-9-6-23(7-10-28)5-8-26-22(23)29/h2-4,11-14,24-25H,5-10H2,1H3,(H,26,29). The molecule has 2 aromatic heterocycles. The molecule has 0 atom stereocenters. The Hall–Kier alpha value is -2.93. The molecule has 1 spiro atoms. The summed E-state index contributed by atoms with van der Waals surface area (Å²) in [6, 6.07) is 8.31. The molecule has 2 fully saturated rings. The van der Waals surface area contributed by atoms with Crippen LogP contribution >= 0.6 is 11.3 Å². The zero-order valence-corrected chi connectivity index (χ0v) is 17.8. The fourth-order valence-electron chi connectivity index (χ4n) is 4.89. The lowest BCUT2D eigenvalue weighted by Crippen LogP contribution is -2.44. The normalized spacial score (nSPS) is 18.0. The van der Waals surface area contributed by atoms with Gasteiger partial charge < -0.3 is 20.9 Å². The van der Waals surface area contributed by atoms with E-state index in [1.54, 1.807) is 11.3 Å². The molecule has 6 nitrogen and oxygen atoms in total. The van der Waals surface area contributed by atoms with Crippen LogP contribution in [-0.2, 0) is 4.79 Å². The number of rotatable bonds is 4. The Morgan fingerprint density at radius 2 is 2.10 bits per heavy atom. The molecule has 154 valence electrons. The van der Waals surface area contributed by atoms with Gasteiger partial charge in [0.15, 0.2) is 0 Å². The van der Waals surface area contributed by atoms with Crippen molar-refractivity contribution in [1.82, 2.24) is 10.3 Å². The van der Waals surface area contributed by atoms with Crippen LogP contribution in [0.2, 0.25) is 0 Å². The van der Waals surface area contributed by atoms with Gasteiger partial charge >= 0.3 is 0 Å². The number of nitrogens with zero attached hydrogens (tertiary/aromatic N) is 2. The third-order valence-electron chi connectivity index (χ3n) is 6.66. The third kappa shape index (κ3) is 2.96. The van der Waals surface area contributed by atoms with Crippen LogP contribution in [0, 0.1) is 10.8 Å². The number of nitrogens with one attached hydrogen (secondary N) is 3. The fourth-order valence-corrected chi connectivity index (χ4v) is 5.63. The van der Waals surface area contributed by atoms with Crippen molar-refractivity contribution < 1.29 is 4.79 Å². The van der Waals surface area contributed by atoms with Gasteiger partial charge in [-0.25, -0.2) is 4.98 Å². The molecule has 2 aliphatic rings. The molecule has 30 heavy (non-hydrogen) atoms. The minimum Gasteiger partial charge on any atom is -0.388 e. The summed E-state index contributed by atoms with van der Waals surface area (Å²) in [6.07, 6.45) is 6.07. The van der Waals surface area contributed by atoms with Gasteiger partial charge in [0.2, 0.25) is 5.91 Å². The number of amides is 1. The van der Waals surface area contributed by atoms with E-state index >= 15 is 0 Å². The molecule has 0 unspecified atom stereocenters. The summed E-state index contributed by atoms with van der Waals surface area (Å²) in [5.74, 6) is 0.232. The number of carbonyl (C=O) groups excluding carboxylic acids is 1. The molecular formula is C23H25N5OS. The van der Waals surface area contributed by atoms with Crippen LogP contribution in [0.1, 0.15) is 24.8 Å². The largest absolute Gasteiger partial charge is 0.388 e. The van der Waals surface area contributed by atoms with Gasteiger partial charge in [0, 0.05) is 61.3 Å². The number of piperidine rings is 1. The van der Waals surface area contributed by atoms with Gasteiger partial charge in [-0.3, -0.25) is 4.79 Å². The number of fused-ring (bicyclic) bond motifs is 1. The second-order valence-electron chi connectivity index (χ2n) is 8.13. The molecule has 3 N–H and O–H groups in total. The summed E-state index contributed by atoms with van der Waals surface area (Å²) >= 11 is 1.65. The molecule has 5 rings (SSSR count). The van der Waals surface area contributed by atoms with Gasteiger partial charge in [-0.1, -0.05) is 6.07 Å². The molecule has 2 aliphatic heterocycles. The number of aromatic nitrogens is 1. The molecule has 1 aromatic carbocycles. The summed E-state index contributed by atoms with van der Waals surface area (Å²) in [5, 5.41) is 17.2. The maximum Gasteiger partial charge on any atom is 0.226 e. The topological polar surface area (TPSA) is 81.1 Å². The fraction of sp³-hybridized carbons (Fsp3) is 0.348. The van der Waals surface area contributed by atoms with Gasteiger partial charge in [0.25, 0.3) is 0 Å². The Kier molecular flexibility index (Phi) is 4.70. The van der Waals surface area contributed by atoms with Crippen LogP contribution in [0.5, 0.6) is 0 Å². The van der Waals surface area contributed by atoms with Gasteiger partial charge in [-0.05, 0) is 48.4 Å². The number of carbonyl (C=O) groups is 1. The molecule has 1 amide bonds. The first kappa shape index (κ1) is 19.1. The molecule has 0 bridgehead atoms. The predicted octanol–water partition coefficient (Wildman–Crippen LogP) is 4.11. The third-order valence-corrected chi connectivity index (χ3v) is 7.48. The van der Waals surface area contributed by atoms with Crippen molar-refractivity contribution in [2.24, 2.45) is 5.41 Å². The zero-order chi connectivity index (χ0) is 20.7. The molecule has 0 aliphatic carbocycles. The van der Waals surface area contributed by atoms with Crippen LogP contribution in [0.4, 0.5) is 11.4 Å². The molecular weight excluding hydrogens is 394 g/mol. The summed E-state index contributed by atoms with van der Waals surface area (Å²) in [5.41, 5.74) is 4.95. The van der Waals surface area contributed by atoms with Crippen LogP contribution in [0.3, 0.4) is 0 Å². The van der Waals surface area contributed by atoms with E-state index in [0.29, 0.717) is 0 Å². The number of pyridine rings is 1. The second kappa shape index (κ2) is 7.40. The van der Waals surface area contributed by atoms with Gasteiger partial charge in [0.1, 0.15) is 4.83 Å². The number of thiophene rings is 1. The molecule has 3 aromatic rings. The van der Waals surface area contributed by atoms with Crippen LogP contribution in [0.15, 0.2) is 35.8 Å². The van der Waals surface area contributed by atoms with E-state index in [1.807, 2.05) is 25.4 Å². The molecule has 7 heteroatoms. The van der Waals surface area contributed by atoms with E-state index in [9.17, 15) is 4.79 Å². The number of hydrogen-bond acceptors (Lipinski definition) is 6. The van der Waals surface area contributed by atoms with E-state index in [1.165, 1.54) is 17.3 Å². The van der Waals surface area contributed by atoms with E-state index < -0.39 is 0 Å². The molecule has 4 heterocycles. The van der Waals surface area contributed by atoms with E-state index in [-0.39, 0.29) is 11.3 Å². The molecule has 0 saturated carbocycles. The summed E-state index contributed by atoms with van der Waals surface area (Å²) in [6.45, 7) is 2.53. The second-order valence-corrected chi connectivity index (χ2v) is 9.02. The van der Waals surface area contributed by atoms with Crippen molar-refractivity contribution >= 4 is 45.0 Å². The number of benzene rings is 1. The lowest BCUT2D eigenvalue weighted by molar-refractivity contribution is -0.128. The number of anilines is 2. The van der Waals surface area contributed by atoms with Crippen molar-refractivity contribution in [1.29, 1.82) is 5.41 Å². The maximum absolute atomic E-state index is 12.4.